The number of hydrogen-bond acceptors (Lipinski definition) is 3. The molecule has 0 radical (unpaired) electrons. The molecular formula is C17H26N4O. The van der Waals surface area contributed by atoms with Crippen LogP contribution in [0.5, 0.6) is 5.88 Å². The lowest BCUT2D eigenvalue weighted by molar-refractivity contribution is 0.201. The molecule has 120 valence electrons. The summed E-state index contributed by atoms with van der Waals surface area (Å²) in [7, 11) is 0. The zero-order chi connectivity index (χ0) is 15.2. The average Bonchev–Trinajstić information content (AvgIpc) is 3.19. The third kappa shape index (κ3) is 4.61. The summed E-state index contributed by atoms with van der Waals surface area (Å²) in [5.74, 6) is 1.64. The minimum absolute atomic E-state index is 0.347. The molecule has 1 aromatic heterocycles. The van der Waals surface area contributed by atoms with Gasteiger partial charge in [-0.3, -0.25) is 0 Å². The maximum atomic E-state index is 5.95. The molecule has 0 bridgehead atoms. The second-order valence-electron chi connectivity index (χ2n) is 6.14. The number of nitrogens with one attached hydrogen (secondary N) is 2. The van der Waals surface area contributed by atoms with Crippen LogP contribution in [0, 0.1) is 0 Å². The first-order valence-corrected chi connectivity index (χ1v) is 8.50. The highest BCUT2D eigenvalue weighted by atomic mass is 16.5. The van der Waals surface area contributed by atoms with Crippen LogP contribution < -0.4 is 15.4 Å². The van der Waals surface area contributed by atoms with Gasteiger partial charge in [0.2, 0.25) is 5.88 Å². The Morgan fingerprint density at radius 2 is 2.14 bits per heavy atom. The molecule has 0 atom stereocenters. The molecule has 2 aliphatic rings. The van der Waals surface area contributed by atoms with E-state index in [4.69, 9.17) is 4.74 Å². The van der Waals surface area contributed by atoms with Gasteiger partial charge in [0.15, 0.2) is 5.96 Å². The van der Waals surface area contributed by atoms with Gasteiger partial charge in [0.05, 0.1) is 6.54 Å². The lowest BCUT2D eigenvalue weighted by Gasteiger charge is -2.13. The van der Waals surface area contributed by atoms with Crippen LogP contribution in [-0.4, -0.2) is 29.6 Å². The minimum atomic E-state index is 0.347. The highest BCUT2D eigenvalue weighted by molar-refractivity contribution is 5.80. The summed E-state index contributed by atoms with van der Waals surface area (Å²) < 4.78 is 5.95. The number of ether oxygens (including phenoxy) is 1. The summed E-state index contributed by atoms with van der Waals surface area (Å²) >= 11 is 0. The summed E-state index contributed by atoms with van der Waals surface area (Å²) in [5.41, 5.74) is 1.14. The van der Waals surface area contributed by atoms with Crippen LogP contribution in [0.15, 0.2) is 23.3 Å². The van der Waals surface area contributed by atoms with Gasteiger partial charge in [-0.2, -0.15) is 0 Å². The predicted molar refractivity (Wildman–Crippen MR) is 88.1 cm³/mol. The Bertz CT molecular complexity index is 507. The number of pyridine rings is 1. The van der Waals surface area contributed by atoms with Crippen LogP contribution in [0.25, 0.3) is 0 Å². The number of guanidine groups is 1. The summed E-state index contributed by atoms with van der Waals surface area (Å²) in [6.07, 6.45) is 9.51. The Labute approximate surface area is 132 Å². The van der Waals surface area contributed by atoms with E-state index < -0.39 is 0 Å². The Morgan fingerprint density at radius 3 is 2.86 bits per heavy atom. The molecule has 3 rings (SSSR count). The Morgan fingerprint density at radius 1 is 1.32 bits per heavy atom. The van der Waals surface area contributed by atoms with E-state index in [1.807, 2.05) is 18.3 Å². The standard InChI is InChI=1S/C17H26N4O/c1-2-18-17(21-14-7-8-14)20-12-13-9-10-19-16(11-13)22-15-5-3-4-6-15/h9-11,14-15H,2-8,12H2,1H3,(H2,18,20,21). The Kier molecular flexibility index (Phi) is 5.14. The molecule has 0 unspecified atom stereocenters. The number of hydrogen-bond donors (Lipinski definition) is 2. The molecule has 0 aromatic carbocycles. The fourth-order valence-electron chi connectivity index (χ4n) is 2.70. The van der Waals surface area contributed by atoms with Crippen molar-refractivity contribution >= 4 is 5.96 Å². The lowest BCUT2D eigenvalue weighted by atomic mass is 10.2. The van der Waals surface area contributed by atoms with E-state index in [2.05, 4.69) is 27.5 Å². The van der Waals surface area contributed by atoms with E-state index in [0.717, 1.165) is 36.8 Å². The van der Waals surface area contributed by atoms with Gasteiger partial charge >= 0.3 is 0 Å². The topological polar surface area (TPSA) is 58.5 Å². The van der Waals surface area contributed by atoms with Gasteiger partial charge in [-0.05, 0) is 57.1 Å². The fraction of sp³-hybridized carbons (Fsp3) is 0.647. The van der Waals surface area contributed by atoms with Crippen LogP contribution in [0.3, 0.4) is 0 Å². The largest absolute Gasteiger partial charge is 0.474 e. The van der Waals surface area contributed by atoms with E-state index in [0.29, 0.717) is 18.7 Å². The first-order chi connectivity index (χ1) is 10.8. The number of nitrogens with zero attached hydrogens (tertiary/aromatic N) is 2. The molecule has 5 heteroatoms. The minimum Gasteiger partial charge on any atom is -0.474 e. The van der Waals surface area contributed by atoms with E-state index in [-0.39, 0.29) is 0 Å². The first kappa shape index (κ1) is 15.1. The van der Waals surface area contributed by atoms with Crippen LogP contribution in [0.1, 0.15) is 51.0 Å². The summed E-state index contributed by atoms with van der Waals surface area (Å²) in [6.45, 7) is 3.61. The second-order valence-corrected chi connectivity index (χ2v) is 6.14. The SMILES string of the molecule is CCNC(=NCc1ccnc(OC2CCCC2)c1)NC1CC1. The number of rotatable bonds is 6. The third-order valence-corrected chi connectivity index (χ3v) is 4.07. The van der Waals surface area contributed by atoms with Crippen LogP contribution in [0.4, 0.5) is 0 Å². The van der Waals surface area contributed by atoms with Crippen molar-refractivity contribution in [2.45, 2.75) is 64.1 Å². The number of aromatic nitrogens is 1. The summed E-state index contributed by atoms with van der Waals surface area (Å²) in [4.78, 5) is 8.97. The van der Waals surface area contributed by atoms with Crippen LogP contribution >= 0.6 is 0 Å². The molecule has 1 aromatic rings. The zero-order valence-corrected chi connectivity index (χ0v) is 13.3. The molecule has 0 saturated heterocycles. The van der Waals surface area contributed by atoms with Gasteiger partial charge < -0.3 is 15.4 Å². The van der Waals surface area contributed by atoms with Crippen molar-refractivity contribution in [2.24, 2.45) is 4.99 Å². The van der Waals surface area contributed by atoms with Gasteiger partial charge in [-0.15, -0.1) is 0 Å². The fourth-order valence-corrected chi connectivity index (χ4v) is 2.70. The molecule has 22 heavy (non-hydrogen) atoms. The number of aliphatic imine (C=N–C) groups is 1. The average molecular weight is 302 g/mol. The lowest BCUT2D eigenvalue weighted by Crippen LogP contribution is -2.38. The van der Waals surface area contributed by atoms with Crippen molar-refractivity contribution in [2.75, 3.05) is 6.54 Å². The molecule has 0 amide bonds. The highest BCUT2D eigenvalue weighted by Gasteiger charge is 2.22. The molecule has 2 N–H and O–H groups in total. The van der Waals surface area contributed by atoms with Gasteiger partial charge in [0, 0.05) is 24.8 Å². The first-order valence-electron chi connectivity index (χ1n) is 8.50. The van der Waals surface area contributed by atoms with Crippen LogP contribution in [0.2, 0.25) is 0 Å². The zero-order valence-electron chi connectivity index (χ0n) is 13.3. The van der Waals surface area contributed by atoms with E-state index in [1.54, 1.807) is 0 Å². The van der Waals surface area contributed by atoms with E-state index >= 15 is 0 Å². The van der Waals surface area contributed by atoms with Crippen molar-refractivity contribution in [3.05, 3.63) is 23.9 Å². The third-order valence-electron chi connectivity index (χ3n) is 4.07. The molecular weight excluding hydrogens is 276 g/mol. The van der Waals surface area contributed by atoms with Crippen molar-refractivity contribution < 1.29 is 4.74 Å². The molecule has 1 heterocycles. The van der Waals surface area contributed by atoms with Crippen molar-refractivity contribution in [3.63, 3.8) is 0 Å². The van der Waals surface area contributed by atoms with Gasteiger partial charge in [0.25, 0.3) is 0 Å². The Balaban J connectivity index is 1.58. The summed E-state index contributed by atoms with van der Waals surface area (Å²) in [5, 5.41) is 6.72. The van der Waals surface area contributed by atoms with Crippen LogP contribution in [-0.2, 0) is 6.54 Å². The molecule has 2 saturated carbocycles. The maximum Gasteiger partial charge on any atom is 0.213 e. The Hall–Kier alpha value is -1.78. The van der Waals surface area contributed by atoms with Crippen molar-refractivity contribution in [3.8, 4) is 5.88 Å². The van der Waals surface area contributed by atoms with Gasteiger partial charge in [-0.25, -0.2) is 9.98 Å². The highest BCUT2D eigenvalue weighted by Crippen LogP contribution is 2.23. The molecule has 2 aliphatic carbocycles. The summed E-state index contributed by atoms with van der Waals surface area (Å²) in [6, 6.07) is 4.63. The quantitative estimate of drug-likeness (QED) is 0.626. The van der Waals surface area contributed by atoms with Crippen molar-refractivity contribution in [1.82, 2.24) is 15.6 Å². The molecule has 0 spiro atoms. The predicted octanol–water partition coefficient (Wildman–Crippen LogP) is 2.62. The monoisotopic (exact) mass is 302 g/mol. The smallest absolute Gasteiger partial charge is 0.213 e. The molecule has 0 aliphatic heterocycles. The van der Waals surface area contributed by atoms with Gasteiger partial charge in [-0.1, -0.05) is 0 Å². The van der Waals surface area contributed by atoms with Gasteiger partial charge in [0.1, 0.15) is 6.10 Å². The molecule has 2 fully saturated rings. The van der Waals surface area contributed by atoms with E-state index in [9.17, 15) is 0 Å². The maximum absolute atomic E-state index is 5.95. The van der Waals surface area contributed by atoms with Crippen molar-refractivity contribution in [1.29, 1.82) is 0 Å². The molecule has 5 nitrogen and oxygen atoms in total. The van der Waals surface area contributed by atoms with E-state index in [1.165, 1.54) is 25.7 Å². The second kappa shape index (κ2) is 7.47. The normalized spacial score (nSPS) is 19.2.